The molecule has 1 heterocycles. The van der Waals surface area contributed by atoms with Gasteiger partial charge in [0, 0.05) is 37.4 Å². The minimum absolute atomic E-state index is 0.490. The van der Waals surface area contributed by atoms with Crippen LogP contribution in [0.2, 0.25) is 0 Å². The zero-order valence-electron chi connectivity index (χ0n) is 14.0. The standard InChI is InChI=1S/C18H24N4S/c1-12-6-4-5-7-15(12)16-10-17(16)22-18(19-3)20-9-8-14-11-23-13(2)21-14/h4-7,11,16-17H,8-10H2,1-3H3,(H2,19,20,22). The molecular weight excluding hydrogens is 304 g/mol. The Morgan fingerprint density at radius 2 is 2.17 bits per heavy atom. The number of thiazole rings is 1. The molecule has 1 fully saturated rings. The maximum atomic E-state index is 4.49. The smallest absolute Gasteiger partial charge is 0.191 e. The Balaban J connectivity index is 1.47. The molecule has 1 aromatic carbocycles. The van der Waals surface area contributed by atoms with E-state index in [4.69, 9.17) is 0 Å². The third-order valence-electron chi connectivity index (χ3n) is 4.26. The highest BCUT2D eigenvalue weighted by Crippen LogP contribution is 2.41. The summed E-state index contributed by atoms with van der Waals surface area (Å²) in [5, 5.41) is 10.2. The van der Waals surface area contributed by atoms with Crippen LogP contribution in [0, 0.1) is 13.8 Å². The van der Waals surface area contributed by atoms with Crippen molar-refractivity contribution in [3.63, 3.8) is 0 Å². The molecule has 0 aliphatic heterocycles. The average molecular weight is 328 g/mol. The number of aromatic nitrogens is 1. The molecule has 1 aliphatic rings. The van der Waals surface area contributed by atoms with Crippen LogP contribution in [-0.4, -0.2) is 30.6 Å². The van der Waals surface area contributed by atoms with Crippen LogP contribution in [-0.2, 0) is 6.42 Å². The van der Waals surface area contributed by atoms with Gasteiger partial charge in [0.25, 0.3) is 0 Å². The number of aliphatic imine (C=N–C) groups is 1. The lowest BCUT2D eigenvalue weighted by Gasteiger charge is -2.12. The lowest BCUT2D eigenvalue weighted by atomic mass is 10.0. The van der Waals surface area contributed by atoms with E-state index >= 15 is 0 Å². The van der Waals surface area contributed by atoms with Crippen LogP contribution < -0.4 is 10.6 Å². The highest BCUT2D eigenvalue weighted by Gasteiger charge is 2.39. The molecule has 1 saturated carbocycles. The quantitative estimate of drug-likeness (QED) is 0.655. The second kappa shape index (κ2) is 7.13. The molecule has 0 radical (unpaired) electrons. The Kier molecular flexibility index (Phi) is 4.96. The molecule has 3 rings (SSSR count). The predicted octanol–water partition coefficient (Wildman–Crippen LogP) is 3.02. The van der Waals surface area contributed by atoms with Gasteiger partial charge in [0.15, 0.2) is 5.96 Å². The van der Waals surface area contributed by atoms with E-state index in [0.717, 1.165) is 29.6 Å². The Morgan fingerprint density at radius 3 is 2.87 bits per heavy atom. The first-order valence-corrected chi connectivity index (χ1v) is 8.99. The van der Waals surface area contributed by atoms with Gasteiger partial charge in [0.1, 0.15) is 0 Å². The summed E-state index contributed by atoms with van der Waals surface area (Å²) in [6.07, 6.45) is 2.10. The highest BCUT2D eigenvalue weighted by molar-refractivity contribution is 7.09. The maximum absolute atomic E-state index is 4.49. The zero-order chi connectivity index (χ0) is 16.2. The van der Waals surface area contributed by atoms with Crippen molar-refractivity contribution in [3.05, 3.63) is 51.5 Å². The Bertz CT molecular complexity index is 692. The van der Waals surface area contributed by atoms with Gasteiger partial charge in [-0.1, -0.05) is 24.3 Å². The second-order valence-electron chi connectivity index (χ2n) is 6.06. The highest BCUT2D eigenvalue weighted by atomic mass is 32.1. The monoisotopic (exact) mass is 328 g/mol. The first kappa shape index (κ1) is 16.0. The molecule has 23 heavy (non-hydrogen) atoms. The zero-order valence-corrected chi connectivity index (χ0v) is 14.8. The first-order chi connectivity index (χ1) is 11.2. The molecule has 5 heteroatoms. The van der Waals surface area contributed by atoms with Crippen LogP contribution in [0.1, 0.15) is 34.2 Å². The van der Waals surface area contributed by atoms with Crippen molar-refractivity contribution < 1.29 is 0 Å². The number of hydrogen-bond acceptors (Lipinski definition) is 3. The van der Waals surface area contributed by atoms with Crippen molar-refractivity contribution in [2.24, 2.45) is 4.99 Å². The van der Waals surface area contributed by atoms with E-state index in [-0.39, 0.29) is 0 Å². The topological polar surface area (TPSA) is 49.3 Å². The minimum Gasteiger partial charge on any atom is -0.356 e. The Labute approximate surface area is 142 Å². The van der Waals surface area contributed by atoms with Gasteiger partial charge in [-0.3, -0.25) is 4.99 Å². The molecule has 122 valence electrons. The van der Waals surface area contributed by atoms with Gasteiger partial charge in [-0.2, -0.15) is 0 Å². The largest absolute Gasteiger partial charge is 0.356 e. The van der Waals surface area contributed by atoms with Gasteiger partial charge in [-0.25, -0.2) is 4.98 Å². The van der Waals surface area contributed by atoms with E-state index in [9.17, 15) is 0 Å². The number of benzene rings is 1. The number of aryl methyl sites for hydroxylation is 2. The molecule has 0 spiro atoms. The lowest BCUT2D eigenvalue weighted by Crippen LogP contribution is -2.40. The third-order valence-corrected chi connectivity index (χ3v) is 5.09. The molecule has 1 aliphatic carbocycles. The maximum Gasteiger partial charge on any atom is 0.191 e. The predicted molar refractivity (Wildman–Crippen MR) is 97.4 cm³/mol. The fourth-order valence-corrected chi connectivity index (χ4v) is 3.55. The summed E-state index contributed by atoms with van der Waals surface area (Å²) in [6.45, 7) is 5.08. The molecule has 0 saturated heterocycles. The fraction of sp³-hybridized carbons (Fsp3) is 0.444. The van der Waals surface area contributed by atoms with Gasteiger partial charge in [0.2, 0.25) is 0 Å². The molecule has 0 amide bonds. The van der Waals surface area contributed by atoms with Crippen LogP contribution in [0.4, 0.5) is 0 Å². The van der Waals surface area contributed by atoms with Crippen LogP contribution >= 0.6 is 11.3 Å². The fourth-order valence-electron chi connectivity index (χ4n) is 2.90. The molecule has 2 aromatic rings. The Morgan fingerprint density at radius 1 is 1.35 bits per heavy atom. The van der Waals surface area contributed by atoms with E-state index < -0.39 is 0 Å². The average Bonchev–Trinajstić information content (AvgIpc) is 3.18. The van der Waals surface area contributed by atoms with Gasteiger partial charge in [-0.05, 0) is 31.4 Å². The summed E-state index contributed by atoms with van der Waals surface area (Å²) >= 11 is 1.70. The summed E-state index contributed by atoms with van der Waals surface area (Å²) in [5.41, 5.74) is 3.99. The normalized spacial score (nSPS) is 20.4. The van der Waals surface area contributed by atoms with E-state index in [1.165, 1.54) is 17.5 Å². The van der Waals surface area contributed by atoms with Crippen LogP contribution in [0.15, 0.2) is 34.6 Å². The van der Waals surface area contributed by atoms with Crippen molar-refractivity contribution in [1.82, 2.24) is 15.6 Å². The van der Waals surface area contributed by atoms with Gasteiger partial charge in [-0.15, -0.1) is 11.3 Å². The number of nitrogens with one attached hydrogen (secondary N) is 2. The third kappa shape index (κ3) is 4.10. The van der Waals surface area contributed by atoms with Crippen molar-refractivity contribution in [3.8, 4) is 0 Å². The number of hydrogen-bond donors (Lipinski definition) is 2. The molecule has 0 bridgehead atoms. The van der Waals surface area contributed by atoms with Gasteiger partial charge < -0.3 is 10.6 Å². The van der Waals surface area contributed by atoms with Crippen molar-refractivity contribution >= 4 is 17.3 Å². The van der Waals surface area contributed by atoms with Crippen molar-refractivity contribution in [2.45, 2.75) is 38.6 Å². The summed E-state index contributed by atoms with van der Waals surface area (Å²) in [7, 11) is 1.83. The Hall–Kier alpha value is -1.88. The first-order valence-electron chi connectivity index (χ1n) is 8.11. The number of nitrogens with zero attached hydrogens (tertiary/aromatic N) is 2. The second-order valence-corrected chi connectivity index (χ2v) is 7.12. The van der Waals surface area contributed by atoms with E-state index in [1.54, 1.807) is 11.3 Å². The molecular formula is C18H24N4S. The molecule has 4 nitrogen and oxygen atoms in total. The summed E-state index contributed by atoms with van der Waals surface area (Å²) < 4.78 is 0. The summed E-state index contributed by atoms with van der Waals surface area (Å²) in [4.78, 5) is 8.82. The van der Waals surface area contributed by atoms with E-state index in [1.807, 2.05) is 14.0 Å². The summed E-state index contributed by atoms with van der Waals surface area (Å²) in [5.74, 6) is 1.49. The van der Waals surface area contributed by atoms with Crippen LogP contribution in [0.25, 0.3) is 0 Å². The van der Waals surface area contributed by atoms with Crippen molar-refractivity contribution in [1.29, 1.82) is 0 Å². The number of guanidine groups is 1. The minimum atomic E-state index is 0.490. The molecule has 2 unspecified atom stereocenters. The van der Waals surface area contributed by atoms with Crippen molar-refractivity contribution in [2.75, 3.05) is 13.6 Å². The van der Waals surface area contributed by atoms with Crippen LogP contribution in [0.5, 0.6) is 0 Å². The van der Waals surface area contributed by atoms with E-state index in [2.05, 4.69) is 57.2 Å². The molecule has 2 N–H and O–H groups in total. The molecule has 1 aromatic heterocycles. The lowest BCUT2D eigenvalue weighted by molar-refractivity contribution is 0.772. The number of rotatable bonds is 5. The van der Waals surface area contributed by atoms with Gasteiger partial charge in [0.05, 0.1) is 10.7 Å². The van der Waals surface area contributed by atoms with E-state index in [0.29, 0.717) is 12.0 Å². The van der Waals surface area contributed by atoms with Gasteiger partial charge >= 0.3 is 0 Å². The summed E-state index contributed by atoms with van der Waals surface area (Å²) in [6, 6.07) is 9.14. The van der Waals surface area contributed by atoms with Crippen LogP contribution in [0.3, 0.4) is 0 Å². The molecule has 2 atom stereocenters. The SMILES string of the molecule is CN=C(NCCc1csc(C)n1)NC1CC1c1ccccc1C.